The number of piperidine rings is 1. The van der Waals surface area contributed by atoms with E-state index >= 15 is 0 Å². The molecule has 0 N–H and O–H groups in total. The van der Waals surface area contributed by atoms with E-state index in [2.05, 4.69) is 21.9 Å². The smallest absolute Gasteiger partial charge is 0.210 e. The highest BCUT2D eigenvalue weighted by Crippen LogP contribution is 2.31. The lowest BCUT2D eigenvalue weighted by atomic mass is 9.97. The van der Waals surface area contributed by atoms with Gasteiger partial charge >= 0.3 is 0 Å². The summed E-state index contributed by atoms with van der Waals surface area (Å²) in [6, 6.07) is 5.39. The van der Waals surface area contributed by atoms with Crippen molar-refractivity contribution < 1.29 is 4.79 Å². The Morgan fingerprint density at radius 3 is 2.42 bits per heavy atom. The number of amides is 1. The van der Waals surface area contributed by atoms with Gasteiger partial charge in [-0.3, -0.25) is 9.69 Å². The van der Waals surface area contributed by atoms with E-state index in [0.29, 0.717) is 0 Å². The van der Waals surface area contributed by atoms with Crippen molar-refractivity contribution in [2.75, 3.05) is 37.6 Å². The number of rotatable bonds is 4. The summed E-state index contributed by atoms with van der Waals surface area (Å²) in [6.45, 7) is 5.35. The van der Waals surface area contributed by atoms with Crippen LogP contribution in [0.1, 0.15) is 43.7 Å². The van der Waals surface area contributed by atoms with Crippen LogP contribution in [0.3, 0.4) is 0 Å². The first-order valence-corrected chi connectivity index (χ1v) is 9.01. The molecule has 4 rings (SSSR count). The van der Waals surface area contributed by atoms with Crippen LogP contribution in [0.25, 0.3) is 0 Å². The number of halogens is 1. The number of likely N-dealkylation sites (tertiary alicyclic amines) is 1. The number of aromatic nitrogens is 1. The van der Waals surface area contributed by atoms with Gasteiger partial charge in [-0.05, 0) is 43.7 Å². The molecular formula is C18H27ClN4O. The van der Waals surface area contributed by atoms with E-state index in [-0.39, 0.29) is 18.4 Å². The molecular weight excluding hydrogens is 324 g/mol. The Kier molecular flexibility index (Phi) is 5.61. The Morgan fingerprint density at radius 1 is 1.00 bits per heavy atom. The molecule has 1 aromatic rings. The van der Waals surface area contributed by atoms with Crippen LogP contribution in [0.15, 0.2) is 18.3 Å². The van der Waals surface area contributed by atoms with E-state index in [0.717, 1.165) is 63.8 Å². The molecule has 1 aliphatic carbocycles. The van der Waals surface area contributed by atoms with Gasteiger partial charge in [0.25, 0.3) is 0 Å². The van der Waals surface area contributed by atoms with Crippen molar-refractivity contribution in [2.24, 2.45) is 0 Å². The van der Waals surface area contributed by atoms with Crippen LogP contribution in [0, 0.1) is 0 Å². The first kappa shape index (κ1) is 17.5. The van der Waals surface area contributed by atoms with E-state index in [1.165, 1.54) is 24.8 Å². The monoisotopic (exact) mass is 350 g/mol. The fourth-order valence-corrected chi connectivity index (χ4v) is 3.98. The van der Waals surface area contributed by atoms with Crippen LogP contribution in [-0.4, -0.2) is 60.0 Å². The highest BCUT2D eigenvalue weighted by atomic mass is 35.5. The van der Waals surface area contributed by atoms with E-state index in [1.54, 1.807) is 0 Å². The normalized spacial score (nSPS) is 25.2. The van der Waals surface area contributed by atoms with Crippen LogP contribution in [0.2, 0.25) is 0 Å². The van der Waals surface area contributed by atoms with Crippen molar-refractivity contribution in [3.05, 3.63) is 23.9 Å². The lowest BCUT2D eigenvalue weighted by Crippen LogP contribution is -2.47. The molecule has 6 heteroatoms. The van der Waals surface area contributed by atoms with Crippen molar-refractivity contribution in [3.8, 4) is 0 Å². The van der Waals surface area contributed by atoms with E-state index < -0.39 is 0 Å². The first-order valence-electron chi connectivity index (χ1n) is 9.01. The topological polar surface area (TPSA) is 39.7 Å². The SMILES string of the molecule is Cl.O=CN1CCCCC1c1ccc(N2CCN(C3CC3)CC2)nc1. The van der Waals surface area contributed by atoms with Gasteiger partial charge in [0, 0.05) is 45.0 Å². The van der Waals surface area contributed by atoms with E-state index in [1.807, 2.05) is 11.1 Å². The summed E-state index contributed by atoms with van der Waals surface area (Å²) >= 11 is 0. The number of nitrogens with zero attached hydrogens (tertiary/aromatic N) is 4. The third kappa shape index (κ3) is 3.67. The summed E-state index contributed by atoms with van der Waals surface area (Å²) in [6.07, 6.45) is 9.12. The predicted molar refractivity (Wildman–Crippen MR) is 97.7 cm³/mol. The molecule has 1 aromatic heterocycles. The Hall–Kier alpha value is -1.33. The second kappa shape index (κ2) is 7.70. The zero-order chi connectivity index (χ0) is 15.6. The van der Waals surface area contributed by atoms with Crippen molar-refractivity contribution >= 4 is 24.6 Å². The van der Waals surface area contributed by atoms with Gasteiger partial charge in [0.05, 0.1) is 6.04 Å². The second-order valence-corrected chi connectivity index (χ2v) is 7.06. The second-order valence-electron chi connectivity index (χ2n) is 7.06. The summed E-state index contributed by atoms with van der Waals surface area (Å²) in [4.78, 5) is 22.9. The van der Waals surface area contributed by atoms with Gasteiger partial charge in [-0.15, -0.1) is 12.4 Å². The molecule has 132 valence electrons. The van der Waals surface area contributed by atoms with Gasteiger partial charge in [-0.25, -0.2) is 4.98 Å². The van der Waals surface area contributed by atoms with Gasteiger partial charge in [0.15, 0.2) is 0 Å². The molecule has 3 fully saturated rings. The Morgan fingerprint density at radius 2 is 1.79 bits per heavy atom. The Bertz CT molecular complexity index is 540. The molecule has 1 unspecified atom stereocenters. The van der Waals surface area contributed by atoms with E-state index in [4.69, 9.17) is 4.98 Å². The van der Waals surface area contributed by atoms with Crippen molar-refractivity contribution in [3.63, 3.8) is 0 Å². The molecule has 2 saturated heterocycles. The third-order valence-electron chi connectivity index (χ3n) is 5.54. The maximum atomic E-state index is 11.2. The number of hydrogen-bond acceptors (Lipinski definition) is 4. The molecule has 1 saturated carbocycles. The maximum Gasteiger partial charge on any atom is 0.210 e. The molecule has 3 aliphatic rings. The molecule has 2 aliphatic heterocycles. The number of anilines is 1. The Labute approximate surface area is 150 Å². The minimum atomic E-state index is 0. The zero-order valence-electron chi connectivity index (χ0n) is 14.1. The van der Waals surface area contributed by atoms with Crippen molar-refractivity contribution in [2.45, 2.75) is 44.2 Å². The summed E-state index contributed by atoms with van der Waals surface area (Å²) in [5.74, 6) is 1.08. The highest BCUT2D eigenvalue weighted by Gasteiger charge is 2.31. The highest BCUT2D eigenvalue weighted by molar-refractivity contribution is 5.85. The van der Waals surface area contributed by atoms with Crippen LogP contribution < -0.4 is 4.90 Å². The number of pyridine rings is 1. The predicted octanol–water partition coefficient (Wildman–Crippen LogP) is 2.47. The molecule has 1 amide bonds. The molecule has 0 aromatic carbocycles. The largest absolute Gasteiger partial charge is 0.354 e. The quantitative estimate of drug-likeness (QED) is 0.782. The lowest BCUT2D eigenvalue weighted by Gasteiger charge is -2.36. The molecule has 3 heterocycles. The summed E-state index contributed by atoms with van der Waals surface area (Å²) in [5, 5.41) is 0. The molecule has 1 atom stereocenters. The van der Waals surface area contributed by atoms with Gasteiger partial charge in [0.1, 0.15) is 5.82 Å². The number of piperazine rings is 1. The maximum absolute atomic E-state index is 11.2. The van der Waals surface area contributed by atoms with Gasteiger partial charge in [-0.2, -0.15) is 0 Å². The molecule has 0 spiro atoms. The fourth-order valence-electron chi connectivity index (χ4n) is 3.98. The average molecular weight is 351 g/mol. The molecule has 0 radical (unpaired) electrons. The Balaban J connectivity index is 0.00000169. The van der Waals surface area contributed by atoms with Crippen LogP contribution in [0.4, 0.5) is 5.82 Å². The number of carbonyl (C=O) groups is 1. The van der Waals surface area contributed by atoms with Crippen LogP contribution in [-0.2, 0) is 4.79 Å². The standard InChI is InChI=1S/C18H26N4O.ClH/c23-14-22-8-2-1-3-17(22)15-4-7-18(19-13-15)21-11-9-20(10-12-21)16-5-6-16;/h4,7,13-14,16-17H,1-3,5-6,8-12H2;1H. The molecule has 5 nitrogen and oxygen atoms in total. The van der Waals surface area contributed by atoms with Gasteiger partial charge < -0.3 is 9.80 Å². The van der Waals surface area contributed by atoms with Crippen LogP contribution >= 0.6 is 12.4 Å². The third-order valence-corrected chi connectivity index (χ3v) is 5.54. The molecule has 0 bridgehead atoms. The summed E-state index contributed by atoms with van der Waals surface area (Å²) in [7, 11) is 0. The van der Waals surface area contributed by atoms with E-state index in [9.17, 15) is 4.79 Å². The summed E-state index contributed by atoms with van der Waals surface area (Å²) in [5.41, 5.74) is 1.18. The minimum Gasteiger partial charge on any atom is -0.354 e. The number of hydrogen-bond donors (Lipinski definition) is 0. The average Bonchev–Trinajstić information content (AvgIpc) is 3.47. The van der Waals surface area contributed by atoms with Gasteiger partial charge in [-0.1, -0.05) is 6.07 Å². The fraction of sp³-hybridized carbons (Fsp3) is 0.667. The zero-order valence-corrected chi connectivity index (χ0v) is 15.0. The first-order chi connectivity index (χ1) is 11.3. The summed E-state index contributed by atoms with van der Waals surface area (Å²) < 4.78 is 0. The lowest BCUT2D eigenvalue weighted by molar-refractivity contribution is -0.121. The van der Waals surface area contributed by atoms with Crippen molar-refractivity contribution in [1.29, 1.82) is 0 Å². The molecule has 24 heavy (non-hydrogen) atoms. The van der Waals surface area contributed by atoms with Crippen molar-refractivity contribution in [1.82, 2.24) is 14.8 Å². The number of carbonyl (C=O) groups excluding carboxylic acids is 1. The minimum absolute atomic E-state index is 0. The van der Waals surface area contributed by atoms with Crippen LogP contribution in [0.5, 0.6) is 0 Å². The van der Waals surface area contributed by atoms with Gasteiger partial charge in [0.2, 0.25) is 6.41 Å².